The number of sulfonamides is 1. The van der Waals surface area contributed by atoms with E-state index >= 15 is 0 Å². The molecule has 0 fully saturated rings. The Hall–Kier alpha value is -0.400. The van der Waals surface area contributed by atoms with Gasteiger partial charge in [-0.1, -0.05) is 11.6 Å². The van der Waals surface area contributed by atoms with Crippen LogP contribution in [0.3, 0.4) is 0 Å². The van der Waals surface area contributed by atoms with E-state index in [-0.39, 0.29) is 22.4 Å². The predicted molar refractivity (Wildman–Crippen MR) is 72.7 cm³/mol. The van der Waals surface area contributed by atoms with E-state index in [0.29, 0.717) is 6.42 Å². The third kappa shape index (κ3) is 4.89. The third-order valence-corrected chi connectivity index (χ3v) is 4.55. The maximum absolute atomic E-state index is 13.1. The Bertz CT molecular complexity index is 519. The van der Waals surface area contributed by atoms with Crippen molar-refractivity contribution >= 4 is 33.2 Å². The zero-order valence-electron chi connectivity index (χ0n) is 10.2. The first-order valence-electron chi connectivity index (χ1n) is 5.43. The van der Waals surface area contributed by atoms with Crippen LogP contribution < -0.4 is 4.72 Å². The molecule has 0 aliphatic rings. The number of methoxy groups -OCH3 is 1. The molecule has 0 amide bonds. The number of hydrogen-bond acceptors (Lipinski definition) is 3. The molecule has 1 aromatic rings. The summed E-state index contributed by atoms with van der Waals surface area (Å²) in [5.41, 5.74) is 0. The summed E-state index contributed by atoms with van der Waals surface area (Å²) in [6.45, 7) is 0.166. The van der Waals surface area contributed by atoms with Crippen LogP contribution in [0.5, 0.6) is 0 Å². The number of nitrogens with one attached hydrogen (secondary N) is 1. The van der Waals surface area contributed by atoms with E-state index in [4.69, 9.17) is 27.9 Å². The average molecular weight is 330 g/mol. The number of benzene rings is 1. The summed E-state index contributed by atoms with van der Waals surface area (Å²) in [4.78, 5) is -0.301. The molecule has 0 heterocycles. The second kappa shape index (κ2) is 7.40. The fraction of sp³-hybridized carbons (Fsp3) is 0.455. The van der Waals surface area contributed by atoms with Crippen LogP contribution in [0.25, 0.3) is 0 Å². The number of rotatable bonds is 7. The van der Waals surface area contributed by atoms with Crippen molar-refractivity contribution in [3.63, 3.8) is 0 Å². The van der Waals surface area contributed by atoms with Gasteiger partial charge < -0.3 is 4.74 Å². The van der Waals surface area contributed by atoms with Crippen LogP contribution in [-0.4, -0.2) is 34.1 Å². The van der Waals surface area contributed by atoms with Crippen molar-refractivity contribution in [1.29, 1.82) is 0 Å². The zero-order chi connectivity index (χ0) is 14.5. The third-order valence-electron chi connectivity index (χ3n) is 2.33. The average Bonchev–Trinajstić information content (AvgIpc) is 2.32. The molecule has 8 heteroatoms. The first-order valence-corrected chi connectivity index (χ1v) is 7.82. The van der Waals surface area contributed by atoms with E-state index in [0.717, 1.165) is 12.1 Å². The Balaban J connectivity index is 2.99. The van der Waals surface area contributed by atoms with E-state index in [1.165, 1.54) is 13.2 Å². The van der Waals surface area contributed by atoms with E-state index < -0.39 is 21.9 Å². The van der Waals surface area contributed by atoms with Gasteiger partial charge in [0, 0.05) is 19.0 Å². The molecule has 0 bridgehead atoms. The number of alkyl halides is 1. The summed E-state index contributed by atoms with van der Waals surface area (Å²) >= 11 is 11.4. The first-order chi connectivity index (χ1) is 8.90. The highest BCUT2D eigenvalue weighted by atomic mass is 35.5. The predicted octanol–water partition coefficient (Wildman–Crippen LogP) is 2.40. The van der Waals surface area contributed by atoms with Crippen LogP contribution in [0.1, 0.15) is 6.42 Å². The molecule has 0 aliphatic heterocycles. The molecule has 0 aliphatic carbocycles. The smallest absolute Gasteiger partial charge is 0.242 e. The lowest BCUT2D eigenvalue weighted by atomic mass is 10.3. The van der Waals surface area contributed by atoms with Gasteiger partial charge in [0.1, 0.15) is 10.7 Å². The maximum Gasteiger partial charge on any atom is 0.242 e. The van der Waals surface area contributed by atoms with Gasteiger partial charge in [-0.05, 0) is 24.6 Å². The SMILES string of the molecule is COCC(CCCl)NS(=O)(=O)c1cc(F)ccc1Cl. The molecule has 108 valence electrons. The van der Waals surface area contributed by atoms with Gasteiger partial charge in [0.15, 0.2) is 0 Å². The minimum Gasteiger partial charge on any atom is -0.383 e. The van der Waals surface area contributed by atoms with Crippen molar-refractivity contribution < 1.29 is 17.5 Å². The minimum absolute atomic E-state index is 0.0454. The zero-order valence-corrected chi connectivity index (χ0v) is 12.5. The molecule has 0 saturated carbocycles. The maximum atomic E-state index is 13.1. The largest absolute Gasteiger partial charge is 0.383 e. The van der Waals surface area contributed by atoms with Crippen molar-refractivity contribution in [2.24, 2.45) is 0 Å². The van der Waals surface area contributed by atoms with Crippen molar-refractivity contribution in [3.8, 4) is 0 Å². The van der Waals surface area contributed by atoms with Gasteiger partial charge in [-0.2, -0.15) is 0 Å². The van der Waals surface area contributed by atoms with E-state index in [1.54, 1.807) is 0 Å². The molecular formula is C11H14Cl2FNO3S. The van der Waals surface area contributed by atoms with Gasteiger partial charge >= 0.3 is 0 Å². The lowest BCUT2D eigenvalue weighted by Crippen LogP contribution is -2.38. The quantitative estimate of drug-likeness (QED) is 0.781. The van der Waals surface area contributed by atoms with Crippen molar-refractivity contribution in [1.82, 2.24) is 4.72 Å². The molecule has 0 spiro atoms. The molecule has 0 radical (unpaired) electrons. The normalized spacial score (nSPS) is 13.5. The molecule has 4 nitrogen and oxygen atoms in total. The Kier molecular flexibility index (Phi) is 6.49. The highest BCUT2D eigenvalue weighted by molar-refractivity contribution is 7.89. The second-order valence-electron chi connectivity index (χ2n) is 3.83. The summed E-state index contributed by atoms with van der Waals surface area (Å²) in [6, 6.07) is 2.66. The second-order valence-corrected chi connectivity index (χ2v) is 6.29. The fourth-order valence-electron chi connectivity index (χ4n) is 1.48. The van der Waals surface area contributed by atoms with Crippen LogP contribution in [0.4, 0.5) is 4.39 Å². The molecule has 1 atom stereocenters. The molecular weight excluding hydrogens is 316 g/mol. The number of hydrogen-bond donors (Lipinski definition) is 1. The monoisotopic (exact) mass is 329 g/mol. The van der Waals surface area contributed by atoms with Crippen LogP contribution in [0.2, 0.25) is 5.02 Å². The summed E-state index contributed by atoms with van der Waals surface area (Å²) in [7, 11) is -2.47. The van der Waals surface area contributed by atoms with Crippen molar-refractivity contribution in [3.05, 3.63) is 29.0 Å². The summed E-state index contributed by atoms with van der Waals surface area (Å²) in [5, 5.41) is -0.0454. The van der Waals surface area contributed by atoms with Crippen LogP contribution in [-0.2, 0) is 14.8 Å². The van der Waals surface area contributed by atoms with Crippen molar-refractivity contribution in [2.45, 2.75) is 17.4 Å². The van der Waals surface area contributed by atoms with Crippen LogP contribution in [0.15, 0.2) is 23.1 Å². The number of halogens is 3. The fourth-order valence-corrected chi connectivity index (χ4v) is 3.51. The Morgan fingerprint density at radius 3 is 2.74 bits per heavy atom. The van der Waals surface area contributed by atoms with Gasteiger partial charge in [-0.3, -0.25) is 0 Å². The van der Waals surface area contributed by atoms with E-state index in [2.05, 4.69) is 4.72 Å². The molecule has 1 N–H and O–H groups in total. The number of ether oxygens (including phenoxy) is 1. The van der Waals surface area contributed by atoms with Crippen LogP contribution in [0, 0.1) is 5.82 Å². The van der Waals surface area contributed by atoms with Gasteiger partial charge in [0.2, 0.25) is 10.0 Å². The Morgan fingerprint density at radius 1 is 1.47 bits per heavy atom. The topological polar surface area (TPSA) is 55.4 Å². The Labute approximate surface area is 121 Å². The van der Waals surface area contributed by atoms with Gasteiger partial charge in [-0.25, -0.2) is 17.5 Å². The summed E-state index contributed by atoms with van der Waals surface area (Å²) in [6.07, 6.45) is 0.390. The summed E-state index contributed by atoms with van der Waals surface area (Å²) < 4.78 is 44.6. The van der Waals surface area contributed by atoms with Crippen LogP contribution >= 0.6 is 23.2 Å². The van der Waals surface area contributed by atoms with Crippen molar-refractivity contribution in [2.75, 3.05) is 19.6 Å². The molecule has 1 unspecified atom stereocenters. The summed E-state index contributed by atoms with van der Waals surface area (Å²) in [5.74, 6) is -0.404. The van der Waals surface area contributed by atoms with Gasteiger partial charge in [0.05, 0.1) is 11.6 Å². The Morgan fingerprint density at radius 2 is 2.16 bits per heavy atom. The van der Waals surface area contributed by atoms with Gasteiger partial charge in [0.25, 0.3) is 0 Å². The molecule has 19 heavy (non-hydrogen) atoms. The molecule has 0 aromatic heterocycles. The highest BCUT2D eigenvalue weighted by Crippen LogP contribution is 2.22. The molecule has 1 aromatic carbocycles. The minimum atomic E-state index is -3.92. The standard InChI is InChI=1S/C11H14Cl2FNO3S/c1-18-7-9(4-5-12)15-19(16,17)11-6-8(14)2-3-10(11)13/h2-3,6,9,15H,4-5,7H2,1H3. The lowest BCUT2D eigenvalue weighted by molar-refractivity contribution is 0.173. The first kappa shape index (κ1) is 16.7. The molecule has 0 saturated heterocycles. The van der Waals surface area contributed by atoms with Gasteiger partial charge in [-0.15, -0.1) is 11.6 Å². The highest BCUT2D eigenvalue weighted by Gasteiger charge is 2.22. The molecule has 1 rings (SSSR count). The lowest BCUT2D eigenvalue weighted by Gasteiger charge is -2.17. The van der Waals surface area contributed by atoms with E-state index in [1.807, 2.05) is 0 Å². The van der Waals surface area contributed by atoms with E-state index in [9.17, 15) is 12.8 Å².